The number of carbonyl (C=O) groups excluding carboxylic acids is 2. The molecule has 0 unspecified atom stereocenters. The van der Waals surface area contributed by atoms with Gasteiger partial charge in [-0.2, -0.15) is 5.10 Å². The first-order valence-corrected chi connectivity index (χ1v) is 7.01. The number of hydrogen-bond acceptors (Lipinski definition) is 4. The Morgan fingerprint density at radius 3 is 2.52 bits per heavy atom. The number of ether oxygens (including phenoxy) is 1. The summed E-state index contributed by atoms with van der Waals surface area (Å²) in [5.74, 6) is -1.31. The number of nitrogens with one attached hydrogen (secondary N) is 2. The van der Waals surface area contributed by atoms with Gasteiger partial charge in [0.2, 0.25) is 0 Å². The van der Waals surface area contributed by atoms with Gasteiger partial charge in [0.05, 0.1) is 19.0 Å². The van der Waals surface area contributed by atoms with Crippen molar-refractivity contribution >= 4 is 35.3 Å². The number of halogens is 1. The van der Waals surface area contributed by atoms with E-state index in [0.29, 0.717) is 22.0 Å². The molecule has 0 aliphatic heterocycles. The van der Waals surface area contributed by atoms with Gasteiger partial charge >= 0.3 is 11.8 Å². The fourth-order valence-electron chi connectivity index (χ4n) is 1.72. The van der Waals surface area contributed by atoms with Crippen molar-refractivity contribution in [1.82, 2.24) is 5.43 Å². The summed E-state index contributed by atoms with van der Waals surface area (Å²) in [5, 5.41) is 6.64. The van der Waals surface area contributed by atoms with Crippen LogP contribution in [-0.4, -0.2) is 25.1 Å². The molecule has 2 N–H and O–H groups in total. The number of methoxy groups -OCH3 is 1. The molecule has 2 amide bonds. The number of rotatable bonds is 4. The van der Waals surface area contributed by atoms with Crippen LogP contribution < -0.4 is 15.5 Å². The van der Waals surface area contributed by atoms with E-state index in [1.165, 1.54) is 13.3 Å². The molecule has 7 heteroatoms. The largest absolute Gasteiger partial charge is 0.495 e. The fourth-order valence-corrected chi connectivity index (χ4v) is 1.90. The van der Waals surface area contributed by atoms with Gasteiger partial charge in [0.15, 0.2) is 0 Å². The summed E-state index contributed by atoms with van der Waals surface area (Å²) in [4.78, 5) is 23.5. The average Bonchev–Trinajstić information content (AvgIpc) is 2.57. The maximum Gasteiger partial charge on any atom is 0.329 e. The summed E-state index contributed by atoms with van der Waals surface area (Å²) < 4.78 is 5.09. The third kappa shape index (κ3) is 4.55. The molecule has 0 saturated heterocycles. The van der Waals surface area contributed by atoms with E-state index in [1.807, 2.05) is 0 Å². The monoisotopic (exact) mass is 331 g/mol. The van der Waals surface area contributed by atoms with E-state index in [4.69, 9.17) is 16.3 Å². The summed E-state index contributed by atoms with van der Waals surface area (Å²) in [7, 11) is 1.47. The molecule has 2 aromatic carbocycles. The highest BCUT2D eigenvalue weighted by molar-refractivity contribution is 6.39. The minimum Gasteiger partial charge on any atom is -0.495 e. The van der Waals surface area contributed by atoms with Crippen LogP contribution in [0.1, 0.15) is 5.56 Å². The number of nitrogens with zero attached hydrogens (tertiary/aromatic N) is 1. The third-order valence-electron chi connectivity index (χ3n) is 2.84. The van der Waals surface area contributed by atoms with E-state index < -0.39 is 11.8 Å². The highest BCUT2D eigenvalue weighted by atomic mass is 35.5. The smallest absolute Gasteiger partial charge is 0.329 e. The lowest BCUT2D eigenvalue weighted by molar-refractivity contribution is -0.136. The number of benzene rings is 2. The van der Waals surface area contributed by atoms with Gasteiger partial charge in [-0.1, -0.05) is 41.9 Å². The molecule has 0 radical (unpaired) electrons. The van der Waals surface area contributed by atoms with E-state index in [2.05, 4.69) is 15.8 Å². The molecule has 118 valence electrons. The highest BCUT2D eigenvalue weighted by Gasteiger charge is 2.14. The minimum atomic E-state index is -0.904. The molecule has 0 aromatic heterocycles. The third-order valence-corrected chi connectivity index (χ3v) is 3.18. The maximum absolute atomic E-state index is 11.8. The first-order valence-electron chi connectivity index (χ1n) is 6.63. The number of para-hydroxylation sites is 2. The summed E-state index contributed by atoms with van der Waals surface area (Å²) in [6, 6.07) is 13.7. The Kier molecular flexibility index (Phi) is 5.71. The second-order valence-electron chi connectivity index (χ2n) is 4.38. The molecule has 2 aromatic rings. The summed E-state index contributed by atoms with van der Waals surface area (Å²) in [5.41, 5.74) is 3.15. The number of carbonyl (C=O) groups is 2. The molecule has 2 rings (SSSR count). The molecule has 0 atom stereocenters. The molecule has 0 bridgehead atoms. The van der Waals surface area contributed by atoms with Crippen molar-refractivity contribution < 1.29 is 14.3 Å². The Bertz CT molecular complexity index is 747. The van der Waals surface area contributed by atoms with Crippen molar-refractivity contribution in [3.63, 3.8) is 0 Å². The molecular formula is C16H14ClN3O3. The van der Waals surface area contributed by atoms with Crippen molar-refractivity contribution in [1.29, 1.82) is 0 Å². The Hall–Kier alpha value is -2.86. The second kappa shape index (κ2) is 7.95. The lowest BCUT2D eigenvalue weighted by atomic mass is 10.2. The van der Waals surface area contributed by atoms with Crippen LogP contribution in [0.3, 0.4) is 0 Å². The van der Waals surface area contributed by atoms with E-state index in [1.54, 1.807) is 48.5 Å². The van der Waals surface area contributed by atoms with E-state index >= 15 is 0 Å². The molecule has 23 heavy (non-hydrogen) atoms. The van der Waals surface area contributed by atoms with Crippen LogP contribution >= 0.6 is 11.6 Å². The first-order chi connectivity index (χ1) is 11.1. The lowest BCUT2D eigenvalue weighted by Gasteiger charge is -2.08. The quantitative estimate of drug-likeness (QED) is 0.513. The van der Waals surface area contributed by atoms with Crippen LogP contribution in [0.4, 0.5) is 5.69 Å². The van der Waals surface area contributed by atoms with Crippen LogP contribution in [0.25, 0.3) is 0 Å². The Labute approximate surface area is 138 Å². The number of hydrogen-bond donors (Lipinski definition) is 2. The Morgan fingerprint density at radius 1 is 1.09 bits per heavy atom. The Balaban J connectivity index is 1.95. The zero-order valence-electron chi connectivity index (χ0n) is 12.2. The SMILES string of the molecule is COc1ccccc1NC(=O)C(=O)N/N=C/c1ccccc1Cl. The van der Waals surface area contributed by atoms with Crippen molar-refractivity contribution in [2.24, 2.45) is 5.10 Å². The molecule has 0 spiro atoms. The molecule has 0 aliphatic rings. The van der Waals surface area contributed by atoms with Gasteiger partial charge in [0.25, 0.3) is 0 Å². The van der Waals surface area contributed by atoms with Gasteiger partial charge in [-0.3, -0.25) is 9.59 Å². The fraction of sp³-hybridized carbons (Fsp3) is 0.0625. The van der Waals surface area contributed by atoms with Crippen LogP contribution in [-0.2, 0) is 9.59 Å². The number of hydrazone groups is 1. The van der Waals surface area contributed by atoms with E-state index in [0.717, 1.165) is 0 Å². The first kappa shape index (κ1) is 16.5. The highest BCUT2D eigenvalue weighted by Crippen LogP contribution is 2.22. The summed E-state index contributed by atoms with van der Waals surface area (Å²) >= 11 is 5.95. The standard InChI is InChI=1S/C16H14ClN3O3/c1-23-14-9-5-4-8-13(14)19-15(21)16(22)20-18-10-11-6-2-3-7-12(11)17/h2-10H,1H3,(H,19,21)(H,20,22)/b18-10+. The van der Waals surface area contributed by atoms with Crippen molar-refractivity contribution in [2.45, 2.75) is 0 Å². The molecule has 0 fully saturated rings. The number of anilines is 1. The maximum atomic E-state index is 11.8. The zero-order chi connectivity index (χ0) is 16.7. The summed E-state index contributed by atoms with van der Waals surface area (Å²) in [6.45, 7) is 0. The van der Waals surface area contributed by atoms with Gasteiger partial charge in [-0.15, -0.1) is 0 Å². The van der Waals surface area contributed by atoms with Crippen molar-refractivity contribution in [2.75, 3.05) is 12.4 Å². The van der Waals surface area contributed by atoms with Gasteiger partial charge < -0.3 is 10.1 Å². The minimum absolute atomic E-state index is 0.394. The van der Waals surface area contributed by atoms with Crippen molar-refractivity contribution in [3.8, 4) is 5.75 Å². The van der Waals surface area contributed by atoms with Gasteiger partial charge in [0.1, 0.15) is 5.75 Å². The van der Waals surface area contributed by atoms with Gasteiger partial charge in [-0.25, -0.2) is 5.43 Å². The lowest BCUT2D eigenvalue weighted by Crippen LogP contribution is -2.32. The van der Waals surface area contributed by atoms with E-state index in [-0.39, 0.29) is 0 Å². The average molecular weight is 332 g/mol. The predicted molar refractivity (Wildman–Crippen MR) is 88.8 cm³/mol. The van der Waals surface area contributed by atoms with Gasteiger partial charge in [-0.05, 0) is 18.2 Å². The zero-order valence-corrected chi connectivity index (χ0v) is 13.0. The van der Waals surface area contributed by atoms with E-state index in [9.17, 15) is 9.59 Å². The molecular weight excluding hydrogens is 318 g/mol. The molecule has 0 aliphatic carbocycles. The van der Waals surface area contributed by atoms with Crippen LogP contribution in [0.2, 0.25) is 5.02 Å². The number of amides is 2. The van der Waals surface area contributed by atoms with Gasteiger partial charge in [0, 0.05) is 10.6 Å². The normalized spacial score (nSPS) is 10.3. The van der Waals surface area contributed by atoms with Crippen LogP contribution in [0.15, 0.2) is 53.6 Å². The predicted octanol–water partition coefficient (Wildman–Crippen LogP) is 2.44. The molecule has 0 heterocycles. The van der Waals surface area contributed by atoms with Crippen LogP contribution in [0.5, 0.6) is 5.75 Å². The molecule has 0 saturated carbocycles. The summed E-state index contributed by atoms with van der Waals surface area (Å²) in [6.07, 6.45) is 1.36. The van der Waals surface area contributed by atoms with Crippen molar-refractivity contribution in [3.05, 3.63) is 59.1 Å². The van der Waals surface area contributed by atoms with Crippen LogP contribution in [0, 0.1) is 0 Å². The molecule has 6 nitrogen and oxygen atoms in total. The second-order valence-corrected chi connectivity index (χ2v) is 4.78. The topological polar surface area (TPSA) is 79.8 Å². The Morgan fingerprint density at radius 2 is 1.78 bits per heavy atom.